The SMILES string of the molecule is CC(C)C(C)(O)CNC(=O)Nc1ccn(-c2ncccc2Cl)n1. The van der Waals surface area contributed by atoms with Crippen LogP contribution >= 0.6 is 11.6 Å². The van der Waals surface area contributed by atoms with E-state index in [0.717, 1.165) is 0 Å². The molecular formula is C15H20ClN5O2. The average Bonchev–Trinajstić information content (AvgIpc) is 2.94. The van der Waals surface area contributed by atoms with Gasteiger partial charge in [0.25, 0.3) is 0 Å². The molecule has 0 saturated carbocycles. The van der Waals surface area contributed by atoms with Gasteiger partial charge in [-0.3, -0.25) is 5.32 Å². The summed E-state index contributed by atoms with van der Waals surface area (Å²) in [6, 6.07) is 4.62. The number of rotatable bonds is 5. The lowest BCUT2D eigenvalue weighted by Crippen LogP contribution is -2.45. The van der Waals surface area contributed by atoms with Crippen molar-refractivity contribution in [1.82, 2.24) is 20.1 Å². The number of carbonyl (C=O) groups excluding carboxylic acids is 1. The van der Waals surface area contributed by atoms with Crippen molar-refractivity contribution in [1.29, 1.82) is 0 Å². The van der Waals surface area contributed by atoms with Gasteiger partial charge in [0, 0.05) is 25.0 Å². The highest BCUT2D eigenvalue weighted by Gasteiger charge is 2.25. The van der Waals surface area contributed by atoms with Crippen molar-refractivity contribution in [2.45, 2.75) is 26.4 Å². The molecule has 8 heteroatoms. The molecule has 1 atom stereocenters. The number of nitrogens with zero attached hydrogens (tertiary/aromatic N) is 3. The van der Waals surface area contributed by atoms with Gasteiger partial charge in [-0.1, -0.05) is 25.4 Å². The second-order valence-electron chi connectivity index (χ2n) is 5.77. The number of aliphatic hydroxyl groups is 1. The maximum Gasteiger partial charge on any atom is 0.320 e. The number of halogens is 1. The van der Waals surface area contributed by atoms with Crippen molar-refractivity contribution in [3.8, 4) is 5.82 Å². The molecule has 1 unspecified atom stereocenters. The summed E-state index contributed by atoms with van der Waals surface area (Å²) in [5.74, 6) is 0.854. The van der Waals surface area contributed by atoms with Crippen molar-refractivity contribution in [3.63, 3.8) is 0 Å². The minimum atomic E-state index is -0.974. The number of amides is 2. The summed E-state index contributed by atoms with van der Waals surface area (Å²) in [5, 5.41) is 20.0. The van der Waals surface area contributed by atoms with Crippen molar-refractivity contribution in [2.75, 3.05) is 11.9 Å². The number of aromatic nitrogens is 3. The number of anilines is 1. The van der Waals surface area contributed by atoms with Gasteiger partial charge >= 0.3 is 6.03 Å². The van der Waals surface area contributed by atoms with Crippen LogP contribution in [0.1, 0.15) is 20.8 Å². The van der Waals surface area contributed by atoms with Crippen LogP contribution in [0.15, 0.2) is 30.6 Å². The van der Waals surface area contributed by atoms with Gasteiger partial charge in [0.1, 0.15) is 0 Å². The quantitative estimate of drug-likeness (QED) is 0.781. The van der Waals surface area contributed by atoms with E-state index >= 15 is 0 Å². The molecule has 0 saturated heterocycles. The van der Waals surface area contributed by atoms with E-state index in [4.69, 9.17) is 11.6 Å². The largest absolute Gasteiger partial charge is 0.388 e. The second-order valence-corrected chi connectivity index (χ2v) is 6.18. The minimum Gasteiger partial charge on any atom is -0.388 e. The highest BCUT2D eigenvalue weighted by atomic mass is 35.5. The molecule has 124 valence electrons. The maximum atomic E-state index is 11.9. The van der Waals surface area contributed by atoms with Crippen LogP contribution in [0.3, 0.4) is 0 Å². The highest BCUT2D eigenvalue weighted by Crippen LogP contribution is 2.17. The van der Waals surface area contributed by atoms with Crippen LogP contribution in [0.2, 0.25) is 5.02 Å². The summed E-state index contributed by atoms with van der Waals surface area (Å²) in [5.41, 5.74) is -0.974. The van der Waals surface area contributed by atoms with E-state index in [1.165, 1.54) is 4.68 Å². The Morgan fingerprint density at radius 3 is 2.87 bits per heavy atom. The summed E-state index contributed by atoms with van der Waals surface area (Å²) < 4.78 is 1.47. The molecule has 3 N–H and O–H groups in total. The van der Waals surface area contributed by atoms with Crippen molar-refractivity contribution in [3.05, 3.63) is 35.6 Å². The fraction of sp³-hybridized carbons (Fsp3) is 0.400. The number of nitrogens with one attached hydrogen (secondary N) is 2. The number of hydrogen-bond acceptors (Lipinski definition) is 4. The first-order valence-electron chi connectivity index (χ1n) is 7.23. The third kappa shape index (κ3) is 4.43. The summed E-state index contributed by atoms with van der Waals surface area (Å²) in [7, 11) is 0. The van der Waals surface area contributed by atoms with Gasteiger partial charge in [0.15, 0.2) is 11.6 Å². The Morgan fingerprint density at radius 1 is 1.48 bits per heavy atom. The van der Waals surface area contributed by atoms with Gasteiger partial charge in [-0.05, 0) is 25.0 Å². The van der Waals surface area contributed by atoms with Gasteiger partial charge in [-0.25, -0.2) is 14.5 Å². The third-order valence-corrected chi connectivity index (χ3v) is 3.93. The summed E-state index contributed by atoms with van der Waals surface area (Å²) in [6.07, 6.45) is 3.25. The molecule has 23 heavy (non-hydrogen) atoms. The molecule has 0 aliphatic heterocycles. The molecule has 2 heterocycles. The van der Waals surface area contributed by atoms with Crippen molar-refractivity contribution in [2.24, 2.45) is 5.92 Å². The zero-order valence-electron chi connectivity index (χ0n) is 13.2. The maximum absolute atomic E-state index is 11.9. The zero-order valence-corrected chi connectivity index (χ0v) is 14.0. The molecule has 7 nitrogen and oxygen atoms in total. The molecule has 2 aromatic rings. The standard InChI is InChI=1S/C15H20ClN5O2/c1-10(2)15(3,23)9-18-14(22)19-12-6-8-21(20-12)13-11(16)5-4-7-17-13/h4-8,10,23H,9H2,1-3H3,(H2,18,19,20,22). The van der Waals surface area contributed by atoms with Gasteiger partial charge in [-0.2, -0.15) is 0 Å². The van der Waals surface area contributed by atoms with E-state index in [0.29, 0.717) is 16.7 Å². The summed E-state index contributed by atoms with van der Waals surface area (Å²) >= 11 is 6.05. The molecule has 2 amide bonds. The van der Waals surface area contributed by atoms with Crippen LogP contribution < -0.4 is 10.6 Å². The molecule has 0 spiro atoms. The zero-order chi connectivity index (χ0) is 17.0. The van der Waals surface area contributed by atoms with Crippen LogP contribution in [0, 0.1) is 5.92 Å². The Morgan fingerprint density at radius 2 is 2.22 bits per heavy atom. The number of pyridine rings is 1. The Labute approximate surface area is 139 Å². The molecule has 0 aliphatic carbocycles. The first-order valence-corrected chi connectivity index (χ1v) is 7.61. The Kier molecular flexibility index (Phi) is 5.23. The number of hydrogen-bond donors (Lipinski definition) is 3. The Hall–Kier alpha value is -2.12. The Balaban J connectivity index is 1.97. The van der Waals surface area contributed by atoms with Crippen molar-refractivity contribution < 1.29 is 9.90 Å². The molecule has 0 aromatic carbocycles. The first-order chi connectivity index (χ1) is 10.8. The minimum absolute atomic E-state index is 0.0216. The number of carbonyl (C=O) groups is 1. The molecule has 0 aliphatic rings. The Bertz CT molecular complexity index is 684. The van der Waals surface area contributed by atoms with E-state index in [1.807, 2.05) is 13.8 Å². The van der Waals surface area contributed by atoms with Gasteiger partial charge < -0.3 is 10.4 Å². The predicted octanol–water partition coefficient (Wildman–Crippen LogP) is 2.45. The lowest BCUT2D eigenvalue weighted by atomic mass is 9.93. The van der Waals surface area contributed by atoms with E-state index < -0.39 is 11.6 Å². The van der Waals surface area contributed by atoms with Crippen LogP contribution in [-0.4, -0.2) is 38.0 Å². The van der Waals surface area contributed by atoms with Crippen molar-refractivity contribution >= 4 is 23.4 Å². The second kappa shape index (κ2) is 6.97. The monoisotopic (exact) mass is 337 g/mol. The fourth-order valence-electron chi connectivity index (χ4n) is 1.68. The van der Waals surface area contributed by atoms with Crippen LogP contribution in [0.5, 0.6) is 0 Å². The summed E-state index contributed by atoms with van der Waals surface area (Å²) in [6.45, 7) is 5.59. The van der Waals surface area contributed by atoms with Gasteiger partial charge in [-0.15, -0.1) is 5.10 Å². The van der Waals surface area contributed by atoms with Gasteiger partial charge in [0.2, 0.25) is 0 Å². The molecule has 0 fully saturated rings. The molecular weight excluding hydrogens is 318 g/mol. The molecule has 0 radical (unpaired) electrons. The first kappa shape index (κ1) is 17.2. The molecule has 0 bridgehead atoms. The normalized spacial score (nSPS) is 13.7. The van der Waals surface area contributed by atoms with Crippen LogP contribution in [0.4, 0.5) is 10.6 Å². The average molecular weight is 338 g/mol. The van der Waals surface area contributed by atoms with Gasteiger partial charge in [0.05, 0.1) is 10.6 Å². The smallest absolute Gasteiger partial charge is 0.320 e. The van der Waals surface area contributed by atoms with E-state index in [-0.39, 0.29) is 12.5 Å². The topological polar surface area (TPSA) is 92.1 Å². The van der Waals surface area contributed by atoms with Crippen LogP contribution in [-0.2, 0) is 0 Å². The fourth-order valence-corrected chi connectivity index (χ4v) is 1.89. The van der Waals surface area contributed by atoms with Crippen LogP contribution in [0.25, 0.3) is 5.82 Å². The predicted molar refractivity (Wildman–Crippen MR) is 88.9 cm³/mol. The lowest BCUT2D eigenvalue weighted by Gasteiger charge is -2.27. The highest BCUT2D eigenvalue weighted by molar-refractivity contribution is 6.32. The van der Waals surface area contributed by atoms with E-state index in [1.54, 1.807) is 37.5 Å². The third-order valence-electron chi connectivity index (χ3n) is 3.64. The summed E-state index contributed by atoms with van der Waals surface area (Å²) in [4.78, 5) is 16.0. The number of urea groups is 1. The molecule has 2 aromatic heterocycles. The van der Waals surface area contributed by atoms with E-state index in [9.17, 15) is 9.90 Å². The van der Waals surface area contributed by atoms with E-state index in [2.05, 4.69) is 20.7 Å². The lowest BCUT2D eigenvalue weighted by molar-refractivity contribution is 0.0170. The molecule has 2 rings (SSSR count).